The first-order valence-electron chi connectivity index (χ1n) is 10.4. The van der Waals surface area contributed by atoms with Gasteiger partial charge >= 0.3 is 0 Å². The van der Waals surface area contributed by atoms with E-state index in [9.17, 15) is 4.79 Å². The summed E-state index contributed by atoms with van der Waals surface area (Å²) in [5, 5.41) is 7.48. The average molecular weight is 395 g/mol. The number of benzene rings is 1. The highest BCUT2D eigenvalue weighted by atomic mass is 16.5. The van der Waals surface area contributed by atoms with Crippen molar-refractivity contribution in [2.75, 3.05) is 19.1 Å². The Hall–Kier alpha value is -2.44. The number of anilines is 1. The molecule has 6 heteroatoms. The van der Waals surface area contributed by atoms with E-state index in [1.807, 2.05) is 7.05 Å². The fourth-order valence-corrected chi connectivity index (χ4v) is 4.42. The third kappa shape index (κ3) is 4.14. The smallest absolute Gasteiger partial charge is 0.227 e. The summed E-state index contributed by atoms with van der Waals surface area (Å²) in [6.07, 6.45) is 3.41. The van der Waals surface area contributed by atoms with E-state index in [0.717, 1.165) is 29.8 Å². The van der Waals surface area contributed by atoms with Crippen molar-refractivity contribution < 1.29 is 9.53 Å². The maximum Gasteiger partial charge on any atom is 0.227 e. The third-order valence-corrected chi connectivity index (χ3v) is 6.11. The number of methoxy groups -OCH3 is 1. The van der Waals surface area contributed by atoms with E-state index >= 15 is 0 Å². The Morgan fingerprint density at radius 3 is 2.79 bits per heavy atom. The molecule has 0 saturated carbocycles. The molecule has 6 nitrogen and oxygen atoms in total. The fourth-order valence-electron chi connectivity index (χ4n) is 4.42. The predicted molar refractivity (Wildman–Crippen MR) is 114 cm³/mol. The highest BCUT2D eigenvalue weighted by molar-refractivity contribution is 5.95. The SMILES string of the molecule is COc1nc2c(cc1CN[C@H]1CC[C@H](C)N[C@H]1c1ccccc1)N(C)C(=O)CC2. The minimum absolute atomic E-state index is 0.137. The second-order valence-electron chi connectivity index (χ2n) is 8.10. The first kappa shape index (κ1) is 19.9. The van der Waals surface area contributed by atoms with Gasteiger partial charge in [-0.15, -0.1) is 0 Å². The Labute approximate surface area is 172 Å². The van der Waals surface area contributed by atoms with Gasteiger partial charge in [-0.2, -0.15) is 0 Å². The molecule has 2 N–H and O–H groups in total. The average Bonchev–Trinajstić information content (AvgIpc) is 2.75. The topological polar surface area (TPSA) is 66.5 Å². The van der Waals surface area contributed by atoms with Gasteiger partial charge in [0, 0.05) is 50.1 Å². The number of piperidine rings is 1. The molecule has 1 amide bonds. The summed E-state index contributed by atoms with van der Waals surface area (Å²) in [5.41, 5.74) is 4.12. The fraction of sp³-hybridized carbons (Fsp3) is 0.478. The molecule has 1 aromatic carbocycles. The number of amides is 1. The summed E-state index contributed by atoms with van der Waals surface area (Å²) in [5.74, 6) is 0.783. The molecule has 1 saturated heterocycles. The van der Waals surface area contributed by atoms with Crippen molar-refractivity contribution >= 4 is 11.6 Å². The number of hydrogen-bond donors (Lipinski definition) is 2. The van der Waals surface area contributed by atoms with Crippen LogP contribution in [0.1, 0.15) is 49.0 Å². The summed E-state index contributed by atoms with van der Waals surface area (Å²) in [6, 6.07) is 13.7. The molecule has 0 bridgehead atoms. The van der Waals surface area contributed by atoms with Gasteiger partial charge in [0.1, 0.15) is 0 Å². The quantitative estimate of drug-likeness (QED) is 0.816. The van der Waals surface area contributed by atoms with Crippen LogP contribution in [-0.4, -0.2) is 37.1 Å². The lowest BCUT2D eigenvalue weighted by Crippen LogP contribution is -2.49. The molecular weight excluding hydrogens is 364 g/mol. The number of aromatic nitrogens is 1. The van der Waals surface area contributed by atoms with Gasteiger partial charge in [-0.25, -0.2) is 4.98 Å². The maximum atomic E-state index is 12.1. The van der Waals surface area contributed by atoms with E-state index < -0.39 is 0 Å². The van der Waals surface area contributed by atoms with Crippen LogP contribution < -0.4 is 20.3 Å². The van der Waals surface area contributed by atoms with Gasteiger partial charge in [0.15, 0.2) is 0 Å². The Balaban J connectivity index is 1.55. The molecule has 2 aromatic rings. The predicted octanol–water partition coefficient (Wildman–Crippen LogP) is 2.97. The van der Waals surface area contributed by atoms with E-state index in [-0.39, 0.29) is 11.9 Å². The molecule has 154 valence electrons. The van der Waals surface area contributed by atoms with Crippen molar-refractivity contribution in [1.29, 1.82) is 0 Å². The second kappa shape index (κ2) is 8.51. The minimum atomic E-state index is 0.137. The lowest BCUT2D eigenvalue weighted by Gasteiger charge is -2.37. The van der Waals surface area contributed by atoms with Crippen molar-refractivity contribution in [2.24, 2.45) is 0 Å². The van der Waals surface area contributed by atoms with Crippen molar-refractivity contribution in [3.05, 3.63) is 53.2 Å². The molecule has 0 spiro atoms. The molecule has 1 aromatic heterocycles. The van der Waals surface area contributed by atoms with Crippen LogP contribution in [0, 0.1) is 0 Å². The number of rotatable bonds is 5. The number of aryl methyl sites for hydroxylation is 1. The largest absolute Gasteiger partial charge is 0.481 e. The highest BCUT2D eigenvalue weighted by Gasteiger charge is 2.30. The van der Waals surface area contributed by atoms with Gasteiger partial charge in [-0.1, -0.05) is 30.3 Å². The first-order valence-corrected chi connectivity index (χ1v) is 10.4. The summed E-state index contributed by atoms with van der Waals surface area (Å²) < 4.78 is 5.57. The minimum Gasteiger partial charge on any atom is -0.481 e. The van der Waals surface area contributed by atoms with Crippen molar-refractivity contribution in [2.45, 2.75) is 57.3 Å². The Morgan fingerprint density at radius 1 is 1.24 bits per heavy atom. The van der Waals surface area contributed by atoms with Gasteiger partial charge in [-0.3, -0.25) is 4.79 Å². The normalized spacial score (nSPS) is 24.3. The summed E-state index contributed by atoms with van der Waals surface area (Å²) >= 11 is 0. The lowest BCUT2D eigenvalue weighted by molar-refractivity contribution is -0.118. The van der Waals surface area contributed by atoms with E-state index in [4.69, 9.17) is 9.72 Å². The second-order valence-corrected chi connectivity index (χ2v) is 8.10. The number of nitrogens with one attached hydrogen (secondary N) is 2. The van der Waals surface area contributed by atoms with Gasteiger partial charge in [0.05, 0.1) is 18.5 Å². The zero-order valence-corrected chi connectivity index (χ0v) is 17.4. The van der Waals surface area contributed by atoms with Crippen LogP contribution >= 0.6 is 0 Å². The summed E-state index contributed by atoms with van der Waals surface area (Å²) in [6.45, 7) is 2.89. The van der Waals surface area contributed by atoms with Crippen LogP contribution in [0.5, 0.6) is 5.88 Å². The van der Waals surface area contributed by atoms with Crippen LogP contribution in [0.4, 0.5) is 5.69 Å². The Kier molecular flexibility index (Phi) is 5.83. The standard InChI is InChI=1S/C23H30N4O2/c1-15-9-10-19(22(25-15)16-7-5-4-6-8-16)24-14-17-13-20-18(26-23(17)29-3)11-12-21(28)27(20)2/h4-8,13,15,19,22,24-25H,9-12,14H2,1-3H3/t15-,19-,22-/m0/s1. The van der Waals surface area contributed by atoms with Crippen LogP contribution in [0.25, 0.3) is 0 Å². The van der Waals surface area contributed by atoms with Gasteiger partial charge < -0.3 is 20.3 Å². The zero-order valence-electron chi connectivity index (χ0n) is 17.4. The van der Waals surface area contributed by atoms with Crippen LogP contribution in [0.2, 0.25) is 0 Å². The van der Waals surface area contributed by atoms with Gasteiger partial charge in [0.2, 0.25) is 11.8 Å². The Bertz CT molecular complexity index is 871. The van der Waals surface area contributed by atoms with Crippen molar-refractivity contribution in [1.82, 2.24) is 15.6 Å². The van der Waals surface area contributed by atoms with Crippen molar-refractivity contribution in [3.8, 4) is 5.88 Å². The van der Waals surface area contributed by atoms with E-state index in [1.54, 1.807) is 12.0 Å². The number of carbonyl (C=O) groups excluding carboxylic acids is 1. The third-order valence-electron chi connectivity index (χ3n) is 6.11. The number of carbonyl (C=O) groups is 1. The van der Waals surface area contributed by atoms with Crippen LogP contribution in [0.3, 0.4) is 0 Å². The number of pyridine rings is 1. The molecule has 0 aliphatic carbocycles. The zero-order chi connectivity index (χ0) is 20.4. The molecule has 3 atom stereocenters. The molecular formula is C23H30N4O2. The van der Waals surface area contributed by atoms with E-state index in [2.05, 4.69) is 54.0 Å². The van der Waals surface area contributed by atoms with Crippen LogP contribution in [-0.2, 0) is 17.8 Å². The van der Waals surface area contributed by atoms with E-state index in [0.29, 0.717) is 37.4 Å². The molecule has 1 fully saturated rings. The Morgan fingerprint density at radius 2 is 2.03 bits per heavy atom. The number of nitrogens with zero attached hydrogens (tertiary/aromatic N) is 2. The van der Waals surface area contributed by atoms with Crippen molar-refractivity contribution in [3.63, 3.8) is 0 Å². The molecule has 3 heterocycles. The molecule has 0 unspecified atom stereocenters. The number of fused-ring (bicyclic) bond motifs is 1. The van der Waals surface area contributed by atoms with E-state index in [1.165, 1.54) is 5.56 Å². The molecule has 4 rings (SSSR count). The lowest BCUT2D eigenvalue weighted by atomic mass is 9.89. The monoisotopic (exact) mass is 394 g/mol. The molecule has 0 radical (unpaired) electrons. The maximum absolute atomic E-state index is 12.1. The number of hydrogen-bond acceptors (Lipinski definition) is 5. The van der Waals surface area contributed by atoms with Gasteiger partial charge in [-0.05, 0) is 31.4 Å². The molecule has 2 aliphatic rings. The number of ether oxygens (including phenoxy) is 1. The molecule has 2 aliphatic heterocycles. The molecule has 29 heavy (non-hydrogen) atoms. The summed E-state index contributed by atoms with van der Waals surface area (Å²) in [7, 11) is 3.48. The van der Waals surface area contributed by atoms with Gasteiger partial charge in [0.25, 0.3) is 0 Å². The highest BCUT2D eigenvalue weighted by Crippen LogP contribution is 2.31. The van der Waals surface area contributed by atoms with Crippen LogP contribution in [0.15, 0.2) is 36.4 Å². The first-order chi connectivity index (χ1) is 14.1. The summed E-state index contributed by atoms with van der Waals surface area (Å²) in [4.78, 5) is 18.5.